The third-order valence-electron chi connectivity index (χ3n) is 4.47. The monoisotopic (exact) mass is 338 g/mol. The fourth-order valence-electron chi connectivity index (χ4n) is 3.05. The second kappa shape index (κ2) is 7.83. The number of hydrogen-bond acceptors (Lipinski definition) is 3. The number of nitrogens with one attached hydrogen (secondary N) is 1. The van der Waals surface area contributed by atoms with Crippen molar-refractivity contribution in [2.24, 2.45) is 0 Å². The molecule has 0 bridgehead atoms. The van der Waals surface area contributed by atoms with Crippen LogP contribution >= 0.6 is 0 Å². The number of hydrogen-bond donors (Lipinski definition) is 2. The molecule has 0 radical (unpaired) electrons. The van der Waals surface area contributed by atoms with E-state index in [4.69, 9.17) is 0 Å². The summed E-state index contributed by atoms with van der Waals surface area (Å²) in [6, 6.07) is 14.7. The van der Waals surface area contributed by atoms with Crippen molar-refractivity contribution in [3.63, 3.8) is 0 Å². The van der Waals surface area contributed by atoms with Crippen LogP contribution in [0.5, 0.6) is 5.75 Å². The molecule has 1 aliphatic heterocycles. The van der Waals surface area contributed by atoms with Crippen molar-refractivity contribution in [3.05, 3.63) is 65.2 Å². The number of benzene rings is 2. The molecule has 5 heteroatoms. The van der Waals surface area contributed by atoms with Crippen molar-refractivity contribution in [3.8, 4) is 5.75 Å². The molecule has 0 spiro atoms. The summed E-state index contributed by atoms with van der Waals surface area (Å²) in [5, 5.41) is 12.7. The van der Waals surface area contributed by atoms with Crippen LogP contribution in [0.3, 0.4) is 0 Å². The third-order valence-corrected chi connectivity index (χ3v) is 4.47. The Hall–Kier alpha value is -2.82. The van der Waals surface area contributed by atoms with Gasteiger partial charge in [0.25, 0.3) is 0 Å². The maximum absolute atomic E-state index is 12.2. The van der Waals surface area contributed by atoms with Gasteiger partial charge >= 0.3 is 0 Å². The minimum absolute atomic E-state index is 0.130. The van der Waals surface area contributed by atoms with E-state index in [0.29, 0.717) is 25.1 Å². The summed E-state index contributed by atoms with van der Waals surface area (Å²) in [6.07, 6.45) is 1.68. The highest BCUT2D eigenvalue weighted by atomic mass is 16.3. The van der Waals surface area contributed by atoms with E-state index >= 15 is 0 Å². The summed E-state index contributed by atoms with van der Waals surface area (Å²) in [5.74, 6) is 0.178. The van der Waals surface area contributed by atoms with E-state index in [-0.39, 0.29) is 24.0 Å². The van der Waals surface area contributed by atoms with Crippen LogP contribution < -0.4 is 5.32 Å². The number of likely N-dealkylation sites (tertiary alicyclic amines) is 1. The van der Waals surface area contributed by atoms with Crippen LogP contribution in [0, 0.1) is 0 Å². The van der Waals surface area contributed by atoms with Gasteiger partial charge in [-0.3, -0.25) is 9.59 Å². The Morgan fingerprint density at radius 2 is 1.72 bits per heavy atom. The fourth-order valence-corrected chi connectivity index (χ4v) is 3.05. The molecular formula is C20H22N2O3. The van der Waals surface area contributed by atoms with E-state index in [1.54, 1.807) is 24.3 Å². The standard InChI is InChI=1S/C20H22N2O3/c23-18-9-4-3-6-15(18)12-19(24)21-13-16-7-1-2-8-17(16)14-22-11-5-10-20(22)25/h1-4,6-9,23H,5,10-14H2,(H,21,24). The fraction of sp³-hybridized carbons (Fsp3) is 0.300. The molecule has 5 nitrogen and oxygen atoms in total. The molecular weight excluding hydrogens is 316 g/mol. The summed E-state index contributed by atoms with van der Waals surface area (Å²) in [4.78, 5) is 25.8. The van der Waals surface area contributed by atoms with Gasteiger partial charge in [0.2, 0.25) is 11.8 Å². The van der Waals surface area contributed by atoms with Crippen LogP contribution in [0.25, 0.3) is 0 Å². The van der Waals surface area contributed by atoms with Crippen LogP contribution in [0.15, 0.2) is 48.5 Å². The number of carbonyl (C=O) groups is 2. The van der Waals surface area contributed by atoms with Crippen LogP contribution in [-0.4, -0.2) is 28.4 Å². The van der Waals surface area contributed by atoms with Crippen LogP contribution in [0.2, 0.25) is 0 Å². The lowest BCUT2D eigenvalue weighted by Crippen LogP contribution is -2.27. The molecule has 0 atom stereocenters. The quantitative estimate of drug-likeness (QED) is 0.849. The number of aromatic hydroxyl groups is 1. The zero-order valence-electron chi connectivity index (χ0n) is 14.1. The molecule has 2 N–H and O–H groups in total. The van der Waals surface area contributed by atoms with Gasteiger partial charge in [0, 0.05) is 31.6 Å². The molecule has 0 aliphatic carbocycles. The molecule has 130 valence electrons. The maximum Gasteiger partial charge on any atom is 0.224 e. The Labute approximate surface area is 147 Å². The Balaban J connectivity index is 1.60. The lowest BCUT2D eigenvalue weighted by atomic mass is 10.1. The number of nitrogens with zero attached hydrogens (tertiary/aromatic N) is 1. The molecule has 1 heterocycles. The molecule has 1 saturated heterocycles. The number of phenolic OH excluding ortho intramolecular Hbond substituents is 1. The van der Waals surface area contributed by atoms with E-state index in [1.165, 1.54) is 0 Å². The molecule has 0 aromatic heterocycles. The maximum atomic E-state index is 12.2. The molecule has 25 heavy (non-hydrogen) atoms. The smallest absolute Gasteiger partial charge is 0.224 e. The van der Waals surface area contributed by atoms with Gasteiger partial charge in [-0.1, -0.05) is 42.5 Å². The van der Waals surface area contributed by atoms with Gasteiger partial charge in [0.1, 0.15) is 5.75 Å². The van der Waals surface area contributed by atoms with Gasteiger partial charge in [0.05, 0.1) is 6.42 Å². The van der Waals surface area contributed by atoms with Crippen LogP contribution in [0.1, 0.15) is 29.5 Å². The topological polar surface area (TPSA) is 69.6 Å². The average Bonchev–Trinajstić information content (AvgIpc) is 3.01. The molecule has 2 amide bonds. The number of amides is 2. The predicted octanol–water partition coefficient (Wildman–Crippen LogP) is 2.37. The zero-order valence-corrected chi connectivity index (χ0v) is 14.1. The first-order chi connectivity index (χ1) is 12.1. The lowest BCUT2D eigenvalue weighted by molar-refractivity contribution is -0.128. The first-order valence-electron chi connectivity index (χ1n) is 8.51. The zero-order chi connectivity index (χ0) is 17.6. The van der Waals surface area contributed by atoms with Gasteiger partial charge in [-0.05, 0) is 23.6 Å². The van der Waals surface area contributed by atoms with Gasteiger partial charge in [0.15, 0.2) is 0 Å². The van der Waals surface area contributed by atoms with E-state index in [0.717, 1.165) is 24.1 Å². The summed E-state index contributed by atoms with van der Waals surface area (Å²) < 4.78 is 0. The van der Waals surface area contributed by atoms with Gasteiger partial charge in [-0.25, -0.2) is 0 Å². The van der Waals surface area contributed by atoms with Crippen molar-refractivity contribution in [2.45, 2.75) is 32.4 Å². The SMILES string of the molecule is O=C(Cc1ccccc1O)NCc1ccccc1CN1CCCC1=O. The minimum atomic E-state index is -0.145. The van der Waals surface area contributed by atoms with E-state index in [2.05, 4.69) is 5.32 Å². The minimum Gasteiger partial charge on any atom is -0.508 e. The van der Waals surface area contributed by atoms with E-state index in [9.17, 15) is 14.7 Å². The Morgan fingerprint density at radius 3 is 2.40 bits per heavy atom. The summed E-state index contributed by atoms with van der Waals surface area (Å²) >= 11 is 0. The second-order valence-corrected chi connectivity index (χ2v) is 6.27. The number of rotatable bonds is 6. The average molecular weight is 338 g/mol. The van der Waals surface area contributed by atoms with E-state index < -0.39 is 0 Å². The highest BCUT2D eigenvalue weighted by Crippen LogP contribution is 2.18. The summed E-state index contributed by atoms with van der Waals surface area (Å²) in [7, 11) is 0. The Kier molecular flexibility index (Phi) is 5.33. The molecule has 3 rings (SSSR count). The third kappa shape index (κ3) is 4.38. The molecule has 1 aliphatic rings. The molecule has 1 fully saturated rings. The van der Waals surface area contributed by atoms with Crippen molar-refractivity contribution in [1.82, 2.24) is 10.2 Å². The number of para-hydroxylation sites is 1. The molecule has 0 saturated carbocycles. The first-order valence-corrected chi connectivity index (χ1v) is 8.51. The molecule has 2 aromatic rings. The van der Waals surface area contributed by atoms with Crippen molar-refractivity contribution in [1.29, 1.82) is 0 Å². The highest BCUT2D eigenvalue weighted by Gasteiger charge is 2.20. The normalized spacial score (nSPS) is 13.9. The first kappa shape index (κ1) is 17.0. The van der Waals surface area contributed by atoms with Gasteiger partial charge in [-0.2, -0.15) is 0 Å². The number of phenols is 1. The Bertz CT molecular complexity index is 773. The molecule has 2 aromatic carbocycles. The summed E-state index contributed by atoms with van der Waals surface area (Å²) in [6.45, 7) is 1.79. The Morgan fingerprint density at radius 1 is 1.04 bits per heavy atom. The lowest BCUT2D eigenvalue weighted by Gasteiger charge is -2.18. The largest absolute Gasteiger partial charge is 0.508 e. The van der Waals surface area contributed by atoms with Gasteiger partial charge in [-0.15, -0.1) is 0 Å². The predicted molar refractivity (Wildman–Crippen MR) is 94.8 cm³/mol. The number of carbonyl (C=O) groups excluding carboxylic acids is 2. The van der Waals surface area contributed by atoms with E-state index in [1.807, 2.05) is 29.2 Å². The highest BCUT2D eigenvalue weighted by molar-refractivity contribution is 5.79. The molecule has 0 unspecified atom stereocenters. The summed E-state index contributed by atoms with van der Waals surface area (Å²) in [5.41, 5.74) is 2.67. The van der Waals surface area contributed by atoms with Crippen LogP contribution in [-0.2, 0) is 29.1 Å². The van der Waals surface area contributed by atoms with Crippen LogP contribution in [0.4, 0.5) is 0 Å². The van der Waals surface area contributed by atoms with Crippen molar-refractivity contribution in [2.75, 3.05) is 6.54 Å². The second-order valence-electron chi connectivity index (χ2n) is 6.27. The van der Waals surface area contributed by atoms with Gasteiger partial charge < -0.3 is 15.3 Å². The van der Waals surface area contributed by atoms with Crippen molar-refractivity contribution < 1.29 is 14.7 Å². The van der Waals surface area contributed by atoms with Crippen molar-refractivity contribution >= 4 is 11.8 Å².